The van der Waals surface area contributed by atoms with E-state index < -0.39 is 10.0 Å². The van der Waals surface area contributed by atoms with E-state index >= 15 is 0 Å². The van der Waals surface area contributed by atoms with Crippen molar-refractivity contribution < 1.29 is 13.2 Å². The molecule has 0 bridgehead atoms. The molecule has 0 saturated carbocycles. The van der Waals surface area contributed by atoms with E-state index in [-0.39, 0.29) is 22.1 Å². The first kappa shape index (κ1) is 22.2. The van der Waals surface area contributed by atoms with Crippen molar-refractivity contribution in [3.63, 3.8) is 0 Å². The SMILES string of the molecule is O=S(=O)(Nc1ncns1)c1ccc2c(c1)OCC[C@H]2N1CCc2ccccc2[C@H]1c1ccccc1. The summed E-state index contributed by atoms with van der Waals surface area (Å²) < 4.78 is 38.1. The molecule has 9 heteroatoms. The summed E-state index contributed by atoms with van der Waals surface area (Å²) in [6.07, 6.45) is 3.14. The van der Waals surface area contributed by atoms with Crippen LogP contribution in [-0.4, -0.2) is 35.8 Å². The number of fused-ring (bicyclic) bond motifs is 2. The maximum absolute atomic E-state index is 12.9. The van der Waals surface area contributed by atoms with Crippen molar-refractivity contribution in [2.75, 3.05) is 17.9 Å². The van der Waals surface area contributed by atoms with Crippen LogP contribution in [0.4, 0.5) is 5.13 Å². The summed E-state index contributed by atoms with van der Waals surface area (Å²) in [6.45, 7) is 1.45. The summed E-state index contributed by atoms with van der Waals surface area (Å²) in [5.41, 5.74) is 4.99. The molecule has 2 aliphatic rings. The third-order valence-corrected chi connectivity index (χ3v) is 8.77. The van der Waals surface area contributed by atoms with E-state index in [1.807, 2.05) is 12.1 Å². The van der Waals surface area contributed by atoms with Crippen LogP contribution in [0.3, 0.4) is 0 Å². The number of aromatic nitrogens is 2. The highest BCUT2D eigenvalue weighted by Crippen LogP contribution is 2.45. The van der Waals surface area contributed by atoms with Crippen molar-refractivity contribution in [2.24, 2.45) is 0 Å². The minimum atomic E-state index is -3.79. The standard InChI is InChI=1S/C26H24N4O3S2/c31-35(32,29-26-27-17-28-34-26)20-10-11-22-23(13-15-33-24(22)16-20)30-14-12-18-6-4-5-9-21(18)25(30)19-7-2-1-3-8-19/h1-11,16-17,23,25H,12-15H2,(H,27,28,29)/t23-,25-/m1/s1. The average molecular weight is 505 g/mol. The Kier molecular flexibility index (Phi) is 5.75. The van der Waals surface area contributed by atoms with Crippen molar-refractivity contribution in [3.05, 3.63) is 101 Å². The van der Waals surface area contributed by atoms with Crippen LogP contribution in [0.25, 0.3) is 0 Å². The molecule has 4 aromatic rings. The number of hydrogen-bond acceptors (Lipinski definition) is 7. The Labute approximate surface area is 208 Å². The molecular formula is C26H24N4O3S2. The van der Waals surface area contributed by atoms with Crippen LogP contribution < -0.4 is 9.46 Å². The van der Waals surface area contributed by atoms with Crippen LogP contribution in [0.2, 0.25) is 0 Å². The quantitative estimate of drug-likeness (QED) is 0.420. The monoisotopic (exact) mass is 504 g/mol. The maximum atomic E-state index is 12.9. The average Bonchev–Trinajstić information content (AvgIpc) is 3.40. The summed E-state index contributed by atoms with van der Waals surface area (Å²) in [4.78, 5) is 6.62. The second-order valence-corrected chi connectivity index (χ2v) is 11.2. The first-order valence-corrected chi connectivity index (χ1v) is 13.8. The first-order valence-electron chi connectivity index (χ1n) is 11.5. The third kappa shape index (κ3) is 4.20. The van der Waals surface area contributed by atoms with Gasteiger partial charge >= 0.3 is 0 Å². The zero-order valence-corrected chi connectivity index (χ0v) is 20.5. The second kappa shape index (κ2) is 9.07. The smallest absolute Gasteiger partial charge is 0.263 e. The summed E-state index contributed by atoms with van der Waals surface area (Å²) in [6, 6.07) is 24.7. The Morgan fingerprint density at radius 1 is 1.00 bits per heavy atom. The van der Waals surface area contributed by atoms with Gasteiger partial charge in [0, 0.05) is 42.2 Å². The van der Waals surface area contributed by atoms with E-state index in [4.69, 9.17) is 4.74 Å². The molecule has 0 radical (unpaired) electrons. The lowest BCUT2D eigenvalue weighted by Gasteiger charge is -2.44. The van der Waals surface area contributed by atoms with E-state index in [1.165, 1.54) is 23.0 Å². The lowest BCUT2D eigenvalue weighted by Crippen LogP contribution is -2.40. The van der Waals surface area contributed by atoms with Gasteiger partial charge in [-0.15, -0.1) is 0 Å². The molecule has 178 valence electrons. The summed E-state index contributed by atoms with van der Waals surface area (Å²) in [7, 11) is -3.79. The Morgan fingerprint density at radius 3 is 2.66 bits per heavy atom. The van der Waals surface area contributed by atoms with Crippen molar-refractivity contribution >= 4 is 26.7 Å². The second-order valence-electron chi connectivity index (χ2n) is 8.70. The molecule has 0 spiro atoms. The molecule has 0 saturated heterocycles. The number of rotatable bonds is 5. The highest BCUT2D eigenvalue weighted by atomic mass is 32.2. The predicted molar refractivity (Wildman–Crippen MR) is 135 cm³/mol. The summed E-state index contributed by atoms with van der Waals surface area (Å²) in [5.74, 6) is 0.618. The summed E-state index contributed by atoms with van der Waals surface area (Å²) >= 11 is 0.996. The molecule has 0 amide bonds. The van der Waals surface area contributed by atoms with Gasteiger partial charge in [-0.05, 0) is 29.2 Å². The highest BCUT2D eigenvalue weighted by molar-refractivity contribution is 7.93. The van der Waals surface area contributed by atoms with Crippen molar-refractivity contribution in [2.45, 2.75) is 29.8 Å². The van der Waals surface area contributed by atoms with Gasteiger partial charge in [0.05, 0.1) is 17.5 Å². The minimum absolute atomic E-state index is 0.116. The van der Waals surface area contributed by atoms with E-state index in [1.54, 1.807) is 12.1 Å². The number of ether oxygens (including phenoxy) is 1. The molecule has 1 N–H and O–H groups in total. The Bertz CT molecular complexity index is 1440. The number of nitrogens with zero attached hydrogens (tertiary/aromatic N) is 3. The molecule has 1 aromatic heterocycles. The molecule has 6 rings (SSSR count). The van der Waals surface area contributed by atoms with E-state index in [9.17, 15) is 8.42 Å². The van der Waals surface area contributed by atoms with Gasteiger partial charge < -0.3 is 4.74 Å². The van der Waals surface area contributed by atoms with Gasteiger partial charge in [-0.2, -0.15) is 4.37 Å². The number of sulfonamides is 1. The van der Waals surface area contributed by atoms with Crippen LogP contribution in [-0.2, 0) is 16.4 Å². The number of anilines is 1. The van der Waals surface area contributed by atoms with Crippen molar-refractivity contribution in [3.8, 4) is 5.75 Å². The van der Waals surface area contributed by atoms with E-state index in [2.05, 4.69) is 67.5 Å². The lowest BCUT2D eigenvalue weighted by molar-refractivity contribution is 0.105. The van der Waals surface area contributed by atoms with Gasteiger partial charge in [0.15, 0.2) is 0 Å². The van der Waals surface area contributed by atoms with E-state index in [0.717, 1.165) is 36.5 Å². The van der Waals surface area contributed by atoms with Crippen LogP contribution >= 0.6 is 11.5 Å². The van der Waals surface area contributed by atoms with Gasteiger partial charge in [-0.3, -0.25) is 9.62 Å². The molecule has 0 unspecified atom stereocenters. The van der Waals surface area contributed by atoms with Gasteiger partial charge in [0.1, 0.15) is 12.1 Å². The molecule has 3 aromatic carbocycles. The fourth-order valence-corrected chi connectivity index (χ4v) is 6.86. The number of hydrogen-bond donors (Lipinski definition) is 1. The topological polar surface area (TPSA) is 84.4 Å². The Balaban J connectivity index is 1.37. The Morgan fingerprint density at radius 2 is 1.83 bits per heavy atom. The minimum Gasteiger partial charge on any atom is -0.493 e. The molecular weight excluding hydrogens is 480 g/mol. The zero-order chi connectivity index (χ0) is 23.8. The molecule has 2 atom stereocenters. The number of nitrogens with one attached hydrogen (secondary N) is 1. The number of benzene rings is 3. The molecule has 2 aliphatic heterocycles. The van der Waals surface area contributed by atoms with Crippen LogP contribution in [0, 0.1) is 0 Å². The molecule has 7 nitrogen and oxygen atoms in total. The van der Waals surface area contributed by atoms with E-state index in [0.29, 0.717) is 12.4 Å². The summed E-state index contributed by atoms with van der Waals surface area (Å²) in [5, 5.41) is 0.235. The van der Waals surface area contributed by atoms with Gasteiger partial charge in [0.25, 0.3) is 10.0 Å². The van der Waals surface area contributed by atoms with Crippen molar-refractivity contribution in [1.29, 1.82) is 0 Å². The van der Waals surface area contributed by atoms with Gasteiger partial charge in [0.2, 0.25) is 5.13 Å². The maximum Gasteiger partial charge on any atom is 0.263 e. The van der Waals surface area contributed by atoms with Crippen LogP contribution in [0.1, 0.15) is 40.8 Å². The zero-order valence-electron chi connectivity index (χ0n) is 18.9. The third-order valence-electron chi connectivity index (χ3n) is 6.72. The predicted octanol–water partition coefficient (Wildman–Crippen LogP) is 4.81. The Hall–Kier alpha value is -3.27. The first-order chi connectivity index (χ1) is 17.1. The molecule has 3 heterocycles. The largest absolute Gasteiger partial charge is 0.493 e. The molecule has 0 fully saturated rings. The van der Waals surface area contributed by atoms with Crippen LogP contribution in [0.5, 0.6) is 5.75 Å². The van der Waals surface area contributed by atoms with Gasteiger partial charge in [-0.25, -0.2) is 13.4 Å². The van der Waals surface area contributed by atoms with Crippen LogP contribution in [0.15, 0.2) is 84.0 Å². The van der Waals surface area contributed by atoms with Crippen molar-refractivity contribution in [1.82, 2.24) is 14.3 Å². The highest BCUT2D eigenvalue weighted by Gasteiger charge is 2.37. The molecule has 35 heavy (non-hydrogen) atoms. The lowest BCUT2D eigenvalue weighted by atomic mass is 9.85. The fraction of sp³-hybridized carbons (Fsp3) is 0.231. The molecule has 0 aliphatic carbocycles. The fourth-order valence-electron chi connectivity index (χ4n) is 5.18. The normalized spacial score (nSPS) is 19.9. The van der Waals surface area contributed by atoms with Gasteiger partial charge in [-0.1, -0.05) is 60.7 Å².